The molecule has 1 aromatic heterocycles. The number of ether oxygens (including phenoxy) is 1. The van der Waals surface area contributed by atoms with E-state index in [1.54, 1.807) is 30.3 Å². The molecular weight excluding hydrogens is 442 g/mol. The van der Waals surface area contributed by atoms with Crippen LogP contribution in [0.5, 0.6) is 11.5 Å². The summed E-state index contributed by atoms with van der Waals surface area (Å²) in [5.74, 6) is 0.346. The summed E-state index contributed by atoms with van der Waals surface area (Å²) in [6.45, 7) is 0.288. The molecule has 0 saturated heterocycles. The third-order valence-corrected chi connectivity index (χ3v) is 6.39. The number of aromatic hydroxyl groups is 1. The number of phenolic OH excluding ortho intramolecular Hbond substituents is 1. The fourth-order valence-electron chi connectivity index (χ4n) is 4.60. The van der Waals surface area contributed by atoms with E-state index in [9.17, 15) is 14.7 Å². The van der Waals surface area contributed by atoms with E-state index in [-0.39, 0.29) is 29.7 Å². The van der Waals surface area contributed by atoms with Gasteiger partial charge in [0.1, 0.15) is 24.4 Å². The van der Waals surface area contributed by atoms with Gasteiger partial charge in [0.15, 0.2) is 0 Å². The molecule has 1 atom stereocenters. The van der Waals surface area contributed by atoms with Crippen LogP contribution < -0.4 is 15.6 Å². The minimum atomic E-state index is -0.359. The van der Waals surface area contributed by atoms with Crippen LogP contribution in [0.15, 0.2) is 90.0 Å². The smallest absolute Gasteiger partial charge is 0.265 e. The van der Waals surface area contributed by atoms with Gasteiger partial charge in [-0.15, -0.1) is 0 Å². The van der Waals surface area contributed by atoms with Crippen LogP contribution in [-0.4, -0.2) is 27.2 Å². The second-order valence-corrected chi connectivity index (χ2v) is 8.64. The largest absolute Gasteiger partial charge is 0.508 e. The number of carbonyl (C=O) groups excluding carboxylic acids is 1. The Bertz CT molecular complexity index is 1670. The first kappa shape index (κ1) is 20.9. The van der Waals surface area contributed by atoms with Crippen molar-refractivity contribution in [1.82, 2.24) is 9.55 Å². The van der Waals surface area contributed by atoms with E-state index in [4.69, 9.17) is 4.74 Å². The van der Waals surface area contributed by atoms with Crippen LogP contribution in [0.2, 0.25) is 0 Å². The maximum Gasteiger partial charge on any atom is 0.265 e. The molecule has 2 N–H and O–H groups in total. The van der Waals surface area contributed by atoms with Crippen LogP contribution in [0.1, 0.15) is 5.56 Å². The number of phenols is 1. The minimum Gasteiger partial charge on any atom is -0.508 e. The maximum absolute atomic E-state index is 13.2. The Morgan fingerprint density at radius 2 is 1.89 bits per heavy atom. The average Bonchev–Trinajstić information content (AvgIpc) is 2.89. The van der Waals surface area contributed by atoms with Crippen molar-refractivity contribution in [3.8, 4) is 17.2 Å². The number of anilines is 1. The van der Waals surface area contributed by atoms with Crippen molar-refractivity contribution in [2.45, 2.75) is 6.42 Å². The average molecular weight is 463 g/mol. The highest BCUT2D eigenvalue weighted by molar-refractivity contribution is 5.96. The summed E-state index contributed by atoms with van der Waals surface area (Å²) in [4.78, 5) is 30.7. The number of fused-ring (bicyclic) bond motifs is 4. The number of hydrogen-bond donors (Lipinski definition) is 2. The topological polar surface area (TPSA) is 93.5 Å². The fourth-order valence-corrected chi connectivity index (χ4v) is 4.60. The minimum absolute atomic E-state index is 0.0552. The van der Waals surface area contributed by atoms with E-state index in [1.165, 1.54) is 23.0 Å². The Labute approximate surface area is 200 Å². The molecule has 1 aliphatic rings. The van der Waals surface area contributed by atoms with Gasteiger partial charge in [0.25, 0.3) is 5.56 Å². The first-order chi connectivity index (χ1) is 17.1. The molecule has 0 spiro atoms. The fraction of sp³-hybridized carbons (Fsp3) is 0.107. The SMILES string of the molecule is O=C(Nc1ccc2ncn(-c3cccc(O)c3)c(=O)c2c1)C1COc2ccc3ccccc3c2C1. The third kappa shape index (κ3) is 3.77. The summed E-state index contributed by atoms with van der Waals surface area (Å²) in [5.41, 5.74) is 2.28. The maximum atomic E-state index is 13.2. The van der Waals surface area contributed by atoms with Crippen molar-refractivity contribution in [3.05, 3.63) is 101 Å². The Morgan fingerprint density at radius 1 is 1.00 bits per heavy atom. The molecule has 7 nitrogen and oxygen atoms in total. The number of nitrogens with one attached hydrogen (secondary N) is 1. The molecule has 0 saturated carbocycles. The highest BCUT2D eigenvalue weighted by atomic mass is 16.5. The summed E-state index contributed by atoms with van der Waals surface area (Å²) in [6.07, 6.45) is 2.00. The summed E-state index contributed by atoms with van der Waals surface area (Å²) >= 11 is 0. The number of amides is 1. The molecule has 35 heavy (non-hydrogen) atoms. The molecule has 7 heteroatoms. The molecule has 1 amide bonds. The molecule has 1 aliphatic heterocycles. The summed E-state index contributed by atoms with van der Waals surface area (Å²) in [6, 6.07) is 23.5. The molecule has 1 unspecified atom stereocenters. The molecule has 172 valence electrons. The van der Waals surface area contributed by atoms with Crippen LogP contribution >= 0.6 is 0 Å². The van der Waals surface area contributed by atoms with Crippen molar-refractivity contribution in [1.29, 1.82) is 0 Å². The monoisotopic (exact) mass is 463 g/mol. The van der Waals surface area contributed by atoms with E-state index in [0.29, 0.717) is 28.7 Å². The molecule has 0 bridgehead atoms. The van der Waals surface area contributed by atoms with Crippen LogP contribution in [0.4, 0.5) is 5.69 Å². The van der Waals surface area contributed by atoms with Crippen molar-refractivity contribution in [2.24, 2.45) is 5.92 Å². The van der Waals surface area contributed by atoms with Gasteiger partial charge in [0.05, 0.1) is 22.5 Å². The first-order valence-corrected chi connectivity index (χ1v) is 11.3. The Kier molecular flexibility index (Phi) is 4.95. The first-order valence-electron chi connectivity index (χ1n) is 11.3. The standard InChI is InChI=1S/C28H21N3O4/c32-21-6-3-5-20(14-21)31-16-29-25-10-9-19(13-24(25)28(31)34)30-27(33)18-12-23-22-7-2-1-4-17(22)8-11-26(23)35-15-18/h1-11,13-14,16,18,32H,12,15H2,(H,30,33). The molecule has 5 aromatic rings. The molecule has 4 aromatic carbocycles. The number of hydrogen-bond acceptors (Lipinski definition) is 5. The van der Waals surface area contributed by atoms with E-state index in [0.717, 1.165) is 22.1 Å². The number of rotatable bonds is 3. The van der Waals surface area contributed by atoms with Gasteiger partial charge < -0.3 is 15.2 Å². The van der Waals surface area contributed by atoms with Gasteiger partial charge >= 0.3 is 0 Å². The van der Waals surface area contributed by atoms with E-state index in [2.05, 4.69) is 10.3 Å². The lowest BCUT2D eigenvalue weighted by atomic mass is 9.91. The Morgan fingerprint density at radius 3 is 2.77 bits per heavy atom. The lowest BCUT2D eigenvalue weighted by Crippen LogP contribution is -2.32. The van der Waals surface area contributed by atoms with Crippen molar-refractivity contribution in [2.75, 3.05) is 11.9 Å². The van der Waals surface area contributed by atoms with Crippen LogP contribution in [0.25, 0.3) is 27.4 Å². The summed E-state index contributed by atoms with van der Waals surface area (Å²) in [7, 11) is 0. The Hall–Kier alpha value is -4.65. The number of aromatic nitrogens is 2. The highest BCUT2D eigenvalue weighted by Crippen LogP contribution is 2.34. The van der Waals surface area contributed by atoms with Crippen LogP contribution in [0.3, 0.4) is 0 Å². The Balaban J connectivity index is 1.29. The van der Waals surface area contributed by atoms with Gasteiger partial charge in [-0.2, -0.15) is 0 Å². The molecule has 0 aliphatic carbocycles. The van der Waals surface area contributed by atoms with Crippen molar-refractivity contribution >= 4 is 33.3 Å². The zero-order chi connectivity index (χ0) is 23.9. The van der Waals surface area contributed by atoms with Crippen molar-refractivity contribution in [3.63, 3.8) is 0 Å². The van der Waals surface area contributed by atoms with E-state index >= 15 is 0 Å². The zero-order valence-electron chi connectivity index (χ0n) is 18.6. The van der Waals surface area contributed by atoms with Crippen LogP contribution in [-0.2, 0) is 11.2 Å². The number of nitrogens with zero attached hydrogens (tertiary/aromatic N) is 2. The normalized spacial score (nSPS) is 14.9. The predicted molar refractivity (Wildman–Crippen MR) is 134 cm³/mol. The quantitative estimate of drug-likeness (QED) is 0.413. The molecule has 2 heterocycles. The van der Waals surface area contributed by atoms with Gasteiger partial charge in [-0.1, -0.05) is 36.4 Å². The van der Waals surface area contributed by atoms with Gasteiger partial charge in [-0.05, 0) is 53.6 Å². The zero-order valence-corrected chi connectivity index (χ0v) is 18.6. The molecule has 0 radical (unpaired) electrons. The van der Waals surface area contributed by atoms with Gasteiger partial charge in [0, 0.05) is 17.3 Å². The number of carbonyl (C=O) groups is 1. The van der Waals surface area contributed by atoms with E-state index < -0.39 is 0 Å². The van der Waals surface area contributed by atoms with Crippen molar-refractivity contribution < 1.29 is 14.6 Å². The highest BCUT2D eigenvalue weighted by Gasteiger charge is 2.27. The van der Waals surface area contributed by atoms with Gasteiger partial charge in [-0.25, -0.2) is 4.98 Å². The summed E-state index contributed by atoms with van der Waals surface area (Å²) < 4.78 is 7.29. The lowest BCUT2D eigenvalue weighted by Gasteiger charge is -2.26. The molecular formula is C28H21N3O4. The lowest BCUT2D eigenvalue weighted by molar-refractivity contribution is -0.121. The second kappa shape index (κ2) is 8.29. The summed E-state index contributed by atoms with van der Waals surface area (Å²) in [5, 5.41) is 15.3. The van der Waals surface area contributed by atoms with Gasteiger partial charge in [-0.3, -0.25) is 14.2 Å². The molecule has 6 rings (SSSR count). The van der Waals surface area contributed by atoms with E-state index in [1.807, 2.05) is 36.4 Å². The predicted octanol–water partition coefficient (Wildman–Crippen LogP) is 4.43. The number of benzene rings is 4. The van der Waals surface area contributed by atoms with Gasteiger partial charge in [0.2, 0.25) is 5.91 Å². The van der Waals surface area contributed by atoms with Crippen LogP contribution in [0, 0.1) is 5.92 Å². The third-order valence-electron chi connectivity index (χ3n) is 6.39. The molecule has 0 fully saturated rings. The second-order valence-electron chi connectivity index (χ2n) is 8.64.